The molecule has 54 heavy (non-hydrogen) atoms. The number of hydrogen-bond donors (Lipinski definition) is 0. The minimum atomic E-state index is -0.0987. The van der Waals surface area contributed by atoms with Gasteiger partial charge in [-0.05, 0) is 87.1 Å². The number of rotatable bonds is 5. The molecule has 0 atom stereocenters. The first kappa shape index (κ1) is 30.7. The van der Waals surface area contributed by atoms with Crippen molar-refractivity contribution in [1.82, 2.24) is 4.98 Å². The van der Waals surface area contributed by atoms with Crippen LogP contribution >= 0.6 is 0 Å². The van der Waals surface area contributed by atoms with Crippen LogP contribution in [-0.2, 0) is 5.41 Å². The molecular weight excluding hydrogens is 661 g/mol. The predicted octanol–water partition coefficient (Wildman–Crippen LogP) is 14.0. The second-order valence-electron chi connectivity index (χ2n) is 14.7. The largest absolute Gasteiger partial charge is 0.456 e. The highest BCUT2D eigenvalue weighted by molar-refractivity contribution is 6.16. The summed E-state index contributed by atoms with van der Waals surface area (Å²) in [5.41, 5.74) is 14.6. The first-order valence-corrected chi connectivity index (χ1v) is 18.5. The second-order valence-corrected chi connectivity index (χ2v) is 14.7. The number of anilines is 3. The van der Waals surface area contributed by atoms with Crippen LogP contribution in [0.2, 0.25) is 0 Å². The molecule has 10 aromatic rings. The quantitative estimate of drug-likeness (QED) is 0.180. The molecule has 0 N–H and O–H groups in total. The van der Waals surface area contributed by atoms with E-state index in [0.29, 0.717) is 11.5 Å². The normalized spacial score (nSPS) is 13.1. The van der Waals surface area contributed by atoms with Crippen molar-refractivity contribution in [2.75, 3.05) is 4.90 Å². The van der Waals surface area contributed by atoms with Gasteiger partial charge in [-0.1, -0.05) is 129 Å². The number of para-hydroxylation sites is 1. The van der Waals surface area contributed by atoms with Crippen LogP contribution in [0.4, 0.5) is 17.1 Å². The molecule has 4 nitrogen and oxygen atoms in total. The molecule has 256 valence electrons. The summed E-state index contributed by atoms with van der Waals surface area (Å²) in [6, 6.07) is 60.3. The van der Waals surface area contributed by atoms with Gasteiger partial charge >= 0.3 is 0 Å². The number of aromatic nitrogens is 1. The highest BCUT2D eigenvalue weighted by Gasteiger charge is 2.36. The number of furan rings is 1. The van der Waals surface area contributed by atoms with Gasteiger partial charge in [0, 0.05) is 33.7 Å². The first-order valence-electron chi connectivity index (χ1n) is 18.5. The van der Waals surface area contributed by atoms with Crippen molar-refractivity contribution < 1.29 is 8.83 Å². The van der Waals surface area contributed by atoms with Gasteiger partial charge < -0.3 is 13.7 Å². The molecule has 0 unspecified atom stereocenters. The fourth-order valence-corrected chi connectivity index (χ4v) is 8.73. The molecule has 0 bridgehead atoms. The minimum absolute atomic E-state index is 0.0987. The van der Waals surface area contributed by atoms with Gasteiger partial charge in [0.1, 0.15) is 16.7 Å². The smallest absolute Gasteiger partial charge is 0.227 e. The number of oxazole rings is 1. The number of nitrogens with zero attached hydrogens (tertiary/aromatic N) is 2. The van der Waals surface area contributed by atoms with Crippen LogP contribution in [0.5, 0.6) is 0 Å². The van der Waals surface area contributed by atoms with Crippen LogP contribution in [0.25, 0.3) is 77.5 Å². The number of benzene rings is 8. The maximum absolute atomic E-state index is 6.64. The van der Waals surface area contributed by atoms with E-state index in [9.17, 15) is 0 Å². The Morgan fingerprint density at radius 1 is 0.481 bits per heavy atom. The lowest BCUT2D eigenvalue weighted by atomic mass is 9.82. The maximum atomic E-state index is 6.64. The van der Waals surface area contributed by atoms with Crippen molar-refractivity contribution in [3.8, 4) is 33.7 Å². The van der Waals surface area contributed by atoms with E-state index in [0.717, 1.165) is 55.6 Å². The highest BCUT2D eigenvalue weighted by atomic mass is 16.4. The van der Waals surface area contributed by atoms with E-state index in [1.165, 1.54) is 38.6 Å². The average Bonchev–Trinajstić information content (AvgIpc) is 3.87. The van der Waals surface area contributed by atoms with Gasteiger partial charge in [0.05, 0.1) is 16.8 Å². The first-order chi connectivity index (χ1) is 26.5. The number of hydrogen-bond acceptors (Lipinski definition) is 4. The van der Waals surface area contributed by atoms with Crippen LogP contribution < -0.4 is 4.90 Å². The topological polar surface area (TPSA) is 42.4 Å². The standard InChI is InChI=1S/C50H34N2O2/c1-50(2)40-22-10-8-19-36(40)38-28-33(26-27-41(38)50)52(43-23-11-9-20-37(43)35-21-12-17-31-14-6-7-18-34(31)35)44-24-13-25-45-48(44)39-29-42-47(30-46(39)53-45)54-49(51-42)32-15-4-3-5-16-32/h3-30H,1-2H3. The van der Waals surface area contributed by atoms with E-state index in [4.69, 9.17) is 13.8 Å². The molecule has 1 aliphatic rings. The highest BCUT2D eigenvalue weighted by Crippen LogP contribution is 2.52. The summed E-state index contributed by atoms with van der Waals surface area (Å²) in [4.78, 5) is 7.37. The van der Waals surface area contributed by atoms with Gasteiger partial charge in [-0.2, -0.15) is 0 Å². The lowest BCUT2D eigenvalue weighted by Crippen LogP contribution is -2.15. The lowest BCUT2D eigenvalue weighted by Gasteiger charge is -2.30. The van der Waals surface area contributed by atoms with Gasteiger partial charge in [0.15, 0.2) is 5.58 Å². The van der Waals surface area contributed by atoms with E-state index in [1.807, 2.05) is 36.4 Å². The van der Waals surface area contributed by atoms with Crippen LogP contribution in [0.3, 0.4) is 0 Å². The average molecular weight is 695 g/mol. The summed E-state index contributed by atoms with van der Waals surface area (Å²) in [5.74, 6) is 0.592. The molecule has 2 heterocycles. The maximum Gasteiger partial charge on any atom is 0.227 e. The Balaban J connectivity index is 1.19. The fraction of sp³-hybridized carbons (Fsp3) is 0.0600. The molecule has 0 amide bonds. The van der Waals surface area contributed by atoms with Gasteiger partial charge in [0.2, 0.25) is 5.89 Å². The SMILES string of the molecule is CC1(C)c2ccccc2-c2cc(N(c3ccccc3-c3cccc4ccccc34)c3cccc4oc5cc6oc(-c7ccccc7)nc6cc5c34)ccc21. The van der Waals surface area contributed by atoms with Gasteiger partial charge in [-0.15, -0.1) is 0 Å². The Morgan fingerprint density at radius 2 is 1.19 bits per heavy atom. The molecule has 0 saturated heterocycles. The Labute approximate surface area is 312 Å². The van der Waals surface area contributed by atoms with Gasteiger partial charge in [-0.25, -0.2) is 4.98 Å². The molecule has 4 heteroatoms. The molecule has 8 aromatic carbocycles. The molecule has 0 radical (unpaired) electrons. The monoisotopic (exact) mass is 694 g/mol. The second kappa shape index (κ2) is 11.5. The van der Waals surface area contributed by atoms with Crippen LogP contribution in [-0.4, -0.2) is 4.98 Å². The Kier molecular flexibility index (Phi) is 6.56. The molecule has 0 saturated carbocycles. The summed E-state index contributed by atoms with van der Waals surface area (Å²) >= 11 is 0. The van der Waals surface area contributed by atoms with E-state index in [-0.39, 0.29) is 5.41 Å². The third-order valence-electron chi connectivity index (χ3n) is 11.3. The third kappa shape index (κ3) is 4.53. The summed E-state index contributed by atoms with van der Waals surface area (Å²) in [6.07, 6.45) is 0. The van der Waals surface area contributed by atoms with Crippen molar-refractivity contribution in [3.05, 3.63) is 181 Å². The lowest BCUT2D eigenvalue weighted by molar-refractivity contribution is 0.617. The zero-order chi connectivity index (χ0) is 36.0. The minimum Gasteiger partial charge on any atom is -0.456 e. The molecule has 2 aromatic heterocycles. The molecule has 0 fully saturated rings. The van der Waals surface area contributed by atoms with E-state index < -0.39 is 0 Å². The fourth-order valence-electron chi connectivity index (χ4n) is 8.73. The van der Waals surface area contributed by atoms with Crippen LogP contribution in [0.1, 0.15) is 25.0 Å². The molecule has 11 rings (SSSR count). The van der Waals surface area contributed by atoms with Crippen molar-refractivity contribution in [1.29, 1.82) is 0 Å². The summed E-state index contributed by atoms with van der Waals surface area (Å²) in [5, 5.41) is 4.43. The van der Waals surface area contributed by atoms with E-state index in [1.54, 1.807) is 0 Å². The van der Waals surface area contributed by atoms with Crippen molar-refractivity contribution in [3.63, 3.8) is 0 Å². The van der Waals surface area contributed by atoms with Crippen molar-refractivity contribution in [2.24, 2.45) is 0 Å². The summed E-state index contributed by atoms with van der Waals surface area (Å²) in [6.45, 7) is 4.66. The van der Waals surface area contributed by atoms with Crippen LogP contribution in [0.15, 0.2) is 179 Å². The number of fused-ring (bicyclic) bond motifs is 8. The Bertz CT molecular complexity index is 3090. The van der Waals surface area contributed by atoms with E-state index >= 15 is 0 Å². The van der Waals surface area contributed by atoms with Gasteiger partial charge in [-0.3, -0.25) is 0 Å². The zero-order valence-electron chi connectivity index (χ0n) is 29.9. The van der Waals surface area contributed by atoms with Crippen LogP contribution in [0, 0.1) is 0 Å². The predicted molar refractivity (Wildman–Crippen MR) is 222 cm³/mol. The molecular formula is C50H34N2O2. The third-order valence-corrected chi connectivity index (χ3v) is 11.3. The molecule has 0 aliphatic heterocycles. The molecule has 0 spiro atoms. The zero-order valence-corrected chi connectivity index (χ0v) is 29.9. The summed E-state index contributed by atoms with van der Waals surface area (Å²) in [7, 11) is 0. The van der Waals surface area contributed by atoms with E-state index in [2.05, 4.69) is 152 Å². The molecule has 1 aliphatic carbocycles. The van der Waals surface area contributed by atoms with Gasteiger partial charge in [0.25, 0.3) is 0 Å². The van der Waals surface area contributed by atoms with Crippen molar-refractivity contribution >= 4 is 60.9 Å². The summed E-state index contributed by atoms with van der Waals surface area (Å²) < 4.78 is 12.9. The Hall–Kier alpha value is -6.91. The Morgan fingerprint density at radius 3 is 2.09 bits per heavy atom. The van der Waals surface area contributed by atoms with Crippen molar-refractivity contribution in [2.45, 2.75) is 19.3 Å².